The molecule has 4 nitrogen and oxygen atoms in total. The van der Waals surface area contributed by atoms with Crippen LogP contribution in [0.4, 0.5) is 0 Å². The first-order valence-corrected chi connectivity index (χ1v) is 7.78. The van der Waals surface area contributed by atoms with Gasteiger partial charge in [0.15, 0.2) is 0 Å². The van der Waals surface area contributed by atoms with Crippen molar-refractivity contribution in [3.63, 3.8) is 0 Å². The minimum absolute atomic E-state index is 0.0963. The third-order valence-corrected chi connectivity index (χ3v) is 3.19. The first kappa shape index (κ1) is 17.5. The molecule has 0 radical (unpaired) electrons. The predicted molar refractivity (Wildman–Crippen MR) is 86.1 cm³/mol. The van der Waals surface area contributed by atoms with Crippen LogP contribution in [0.3, 0.4) is 0 Å². The number of benzene rings is 1. The Balaban J connectivity index is 2.44. The van der Waals surface area contributed by atoms with E-state index in [1.165, 1.54) is 0 Å². The number of carbonyl (C=O) groups excluding carboxylic acids is 1. The van der Waals surface area contributed by atoms with Gasteiger partial charge in [-0.15, -0.1) is 0 Å². The van der Waals surface area contributed by atoms with Crippen LogP contribution in [0.25, 0.3) is 0 Å². The molecule has 1 rings (SSSR count). The van der Waals surface area contributed by atoms with Crippen LogP contribution in [0.2, 0.25) is 0 Å². The zero-order valence-electron chi connectivity index (χ0n) is 13.4. The highest BCUT2D eigenvalue weighted by Gasteiger charge is 2.14. The van der Waals surface area contributed by atoms with E-state index in [1.54, 1.807) is 0 Å². The summed E-state index contributed by atoms with van der Waals surface area (Å²) in [6, 6.07) is 7.38. The molecule has 21 heavy (non-hydrogen) atoms. The SMILES string of the molecule is CCCCOc1cccc(CNC(=O)[C@@H](N)CC(C)C)c1. The maximum absolute atomic E-state index is 11.9. The first-order valence-electron chi connectivity index (χ1n) is 7.78. The predicted octanol–water partition coefficient (Wildman–Crippen LogP) is 2.86. The lowest BCUT2D eigenvalue weighted by molar-refractivity contribution is -0.122. The molecule has 0 unspecified atom stereocenters. The summed E-state index contributed by atoms with van der Waals surface area (Å²) in [7, 11) is 0. The zero-order chi connectivity index (χ0) is 15.7. The Labute approximate surface area is 128 Å². The summed E-state index contributed by atoms with van der Waals surface area (Å²) < 4.78 is 5.66. The van der Waals surface area contributed by atoms with Crippen molar-refractivity contribution in [3.8, 4) is 5.75 Å². The van der Waals surface area contributed by atoms with Crippen molar-refractivity contribution in [1.82, 2.24) is 5.32 Å². The van der Waals surface area contributed by atoms with Gasteiger partial charge in [0.2, 0.25) is 5.91 Å². The molecule has 0 saturated carbocycles. The highest BCUT2D eigenvalue weighted by atomic mass is 16.5. The van der Waals surface area contributed by atoms with Gasteiger partial charge in [0.25, 0.3) is 0 Å². The second-order valence-electron chi connectivity index (χ2n) is 5.80. The molecule has 1 amide bonds. The maximum atomic E-state index is 11.9. The minimum atomic E-state index is -0.436. The van der Waals surface area contributed by atoms with Gasteiger partial charge < -0.3 is 15.8 Å². The number of ether oxygens (including phenoxy) is 1. The summed E-state index contributed by atoms with van der Waals surface area (Å²) in [4.78, 5) is 11.9. The lowest BCUT2D eigenvalue weighted by Crippen LogP contribution is -2.41. The van der Waals surface area contributed by atoms with Gasteiger partial charge in [-0.25, -0.2) is 0 Å². The van der Waals surface area contributed by atoms with Crippen molar-refractivity contribution < 1.29 is 9.53 Å². The smallest absolute Gasteiger partial charge is 0.237 e. The van der Waals surface area contributed by atoms with Gasteiger partial charge in [0, 0.05) is 6.54 Å². The number of rotatable bonds is 9. The quantitative estimate of drug-likeness (QED) is 0.688. The number of hydrogen-bond acceptors (Lipinski definition) is 3. The molecule has 1 aromatic rings. The number of nitrogens with two attached hydrogens (primary N) is 1. The molecule has 1 atom stereocenters. The highest BCUT2D eigenvalue weighted by molar-refractivity contribution is 5.81. The summed E-state index contributed by atoms with van der Waals surface area (Å²) in [5.41, 5.74) is 6.88. The summed E-state index contributed by atoms with van der Waals surface area (Å²) >= 11 is 0. The molecule has 118 valence electrons. The van der Waals surface area contributed by atoms with Crippen LogP contribution >= 0.6 is 0 Å². The first-order chi connectivity index (χ1) is 10.0. The Morgan fingerprint density at radius 3 is 2.81 bits per heavy atom. The minimum Gasteiger partial charge on any atom is -0.494 e. The molecule has 4 heteroatoms. The molecule has 0 aliphatic carbocycles. The molecule has 1 aromatic carbocycles. The van der Waals surface area contributed by atoms with Gasteiger partial charge in [-0.05, 0) is 36.5 Å². The van der Waals surface area contributed by atoms with Crippen molar-refractivity contribution in [2.24, 2.45) is 11.7 Å². The fraction of sp³-hybridized carbons (Fsp3) is 0.588. The lowest BCUT2D eigenvalue weighted by atomic mass is 10.0. The van der Waals surface area contributed by atoms with Crippen LogP contribution in [0.15, 0.2) is 24.3 Å². The van der Waals surface area contributed by atoms with E-state index in [2.05, 4.69) is 26.1 Å². The van der Waals surface area contributed by atoms with E-state index in [-0.39, 0.29) is 5.91 Å². The Kier molecular flexibility index (Phi) is 7.83. The van der Waals surface area contributed by atoms with E-state index < -0.39 is 6.04 Å². The number of unbranched alkanes of at least 4 members (excludes halogenated alkanes) is 1. The molecular formula is C17H28N2O2. The van der Waals surface area contributed by atoms with Gasteiger partial charge >= 0.3 is 0 Å². The fourth-order valence-corrected chi connectivity index (χ4v) is 2.01. The Morgan fingerprint density at radius 1 is 1.38 bits per heavy atom. The average Bonchev–Trinajstić information content (AvgIpc) is 2.45. The van der Waals surface area contributed by atoms with Crippen LogP contribution in [-0.2, 0) is 11.3 Å². The van der Waals surface area contributed by atoms with E-state index in [1.807, 2.05) is 24.3 Å². The standard InChI is InChI=1S/C17H28N2O2/c1-4-5-9-21-15-8-6-7-14(11-15)12-19-17(20)16(18)10-13(2)3/h6-8,11,13,16H,4-5,9-10,12,18H2,1-3H3,(H,19,20)/t16-/m0/s1. The van der Waals surface area contributed by atoms with Crippen molar-refractivity contribution in [3.05, 3.63) is 29.8 Å². The van der Waals surface area contributed by atoms with E-state index >= 15 is 0 Å². The Morgan fingerprint density at radius 2 is 2.14 bits per heavy atom. The molecule has 3 N–H and O–H groups in total. The lowest BCUT2D eigenvalue weighted by Gasteiger charge is -2.14. The second kappa shape index (κ2) is 9.40. The van der Waals surface area contributed by atoms with Gasteiger partial charge in [-0.3, -0.25) is 4.79 Å². The molecule has 0 bridgehead atoms. The highest BCUT2D eigenvalue weighted by Crippen LogP contribution is 2.14. The molecule has 0 fully saturated rings. The fourth-order valence-electron chi connectivity index (χ4n) is 2.01. The van der Waals surface area contributed by atoms with Crippen LogP contribution in [-0.4, -0.2) is 18.6 Å². The molecule has 0 saturated heterocycles. The zero-order valence-corrected chi connectivity index (χ0v) is 13.4. The maximum Gasteiger partial charge on any atom is 0.237 e. The van der Waals surface area contributed by atoms with E-state index in [0.717, 1.165) is 30.8 Å². The summed E-state index contributed by atoms with van der Waals surface area (Å²) in [6.07, 6.45) is 2.86. The van der Waals surface area contributed by atoms with Crippen LogP contribution < -0.4 is 15.8 Å². The van der Waals surface area contributed by atoms with Crippen molar-refractivity contribution in [2.75, 3.05) is 6.61 Å². The average molecular weight is 292 g/mol. The van der Waals surface area contributed by atoms with E-state index in [9.17, 15) is 4.79 Å². The van der Waals surface area contributed by atoms with Gasteiger partial charge in [0.1, 0.15) is 5.75 Å². The van der Waals surface area contributed by atoms with Crippen LogP contribution in [0.1, 0.15) is 45.6 Å². The summed E-state index contributed by atoms with van der Waals surface area (Å²) in [6.45, 7) is 7.46. The third-order valence-electron chi connectivity index (χ3n) is 3.19. The van der Waals surface area contributed by atoms with Crippen molar-refractivity contribution >= 4 is 5.91 Å². The van der Waals surface area contributed by atoms with Gasteiger partial charge in [0.05, 0.1) is 12.6 Å². The largest absolute Gasteiger partial charge is 0.494 e. The van der Waals surface area contributed by atoms with Crippen LogP contribution in [0.5, 0.6) is 5.75 Å². The molecule has 0 aromatic heterocycles. The number of hydrogen-bond donors (Lipinski definition) is 2. The third kappa shape index (κ3) is 7.14. The Bertz CT molecular complexity index is 433. The van der Waals surface area contributed by atoms with E-state index in [0.29, 0.717) is 18.9 Å². The second-order valence-corrected chi connectivity index (χ2v) is 5.80. The van der Waals surface area contributed by atoms with Crippen LogP contribution in [0, 0.1) is 5.92 Å². The van der Waals surface area contributed by atoms with E-state index in [4.69, 9.17) is 10.5 Å². The summed E-state index contributed by atoms with van der Waals surface area (Å²) in [5, 5.41) is 2.88. The summed E-state index contributed by atoms with van der Waals surface area (Å²) in [5.74, 6) is 1.17. The number of amides is 1. The van der Waals surface area contributed by atoms with Gasteiger partial charge in [-0.2, -0.15) is 0 Å². The number of nitrogens with one attached hydrogen (secondary N) is 1. The molecular weight excluding hydrogens is 264 g/mol. The normalized spacial score (nSPS) is 12.2. The Hall–Kier alpha value is -1.55. The monoisotopic (exact) mass is 292 g/mol. The van der Waals surface area contributed by atoms with Crippen molar-refractivity contribution in [1.29, 1.82) is 0 Å². The number of carbonyl (C=O) groups is 1. The molecule has 0 aliphatic rings. The molecule has 0 heterocycles. The molecule has 0 spiro atoms. The topological polar surface area (TPSA) is 64.3 Å². The molecule has 0 aliphatic heterocycles. The van der Waals surface area contributed by atoms with Crippen molar-refractivity contribution in [2.45, 2.75) is 52.6 Å². The van der Waals surface area contributed by atoms with Gasteiger partial charge in [-0.1, -0.05) is 39.3 Å².